The highest BCUT2D eigenvalue weighted by Gasteiger charge is 2.26. The molecule has 0 spiro atoms. The fourth-order valence-electron chi connectivity index (χ4n) is 3.20. The molecule has 1 aliphatic heterocycles. The van der Waals surface area contributed by atoms with Crippen LogP contribution in [0.1, 0.15) is 21.7 Å². The van der Waals surface area contributed by atoms with Crippen molar-refractivity contribution in [1.82, 2.24) is 14.9 Å². The Kier molecular flexibility index (Phi) is 4.40. The van der Waals surface area contributed by atoms with Gasteiger partial charge in [-0.25, -0.2) is 9.07 Å². The van der Waals surface area contributed by atoms with E-state index in [0.29, 0.717) is 17.3 Å². The Balaban J connectivity index is 1.47. The number of benzene rings is 2. The third-order valence-electron chi connectivity index (χ3n) is 4.66. The van der Waals surface area contributed by atoms with Gasteiger partial charge in [0.2, 0.25) is 0 Å². The molecule has 0 radical (unpaired) electrons. The average Bonchev–Trinajstić information content (AvgIpc) is 3.47. The molecular formula is C21H15FN4O2S. The van der Waals surface area contributed by atoms with Gasteiger partial charge in [0.05, 0.1) is 11.4 Å². The standard InChI is InChI=1S/C21H15FN4O2S/c22-14-6-8-15(9-7-14)26-20(16-11-29-12-18(16)24-26)23-21(27)17-10-19(28-25-17)13-4-2-1-3-5-13/h1-10H,11-12H2,(H,23,27). The quantitative estimate of drug-likeness (QED) is 0.533. The molecule has 6 nitrogen and oxygen atoms in total. The zero-order valence-electron chi connectivity index (χ0n) is 15.1. The van der Waals surface area contributed by atoms with Crippen LogP contribution in [0.4, 0.5) is 10.2 Å². The molecule has 5 rings (SSSR count). The van der Waals surface area contributed by atoms with Gasteiger partial charge in [0.25, 0.3) is 5.91 Å². The lowest BCUT2D eigenvalue weighted by Gasteiger charge is -2.10. The van der Waals surface area contributed by atoms with Gasteiger partial charge >= 0.3 is 0 Å². The van der Waals surface area contributed by atoms with Crippen molar-refractivity contribution < 1.29 is 13.7 Å². The Morgan fingerprint density at radius 1 is 1.10 bits per heavy atom. The van der Waals surface area contributed by atoms with E-state index < -0.39 is 0 Å². The van der Waals surface area contributed by atoms with Crippen molar-refractivity contribution in [3.63, 3.8) is 0 Å². The van der Waals surface area contributed by atoms with Gasteiger partial charge in [0, 0.05) is 28.7 Å². The molecule has 1 amide bonds. The number of amides is 1. The van der Waals surface area contributed by atoms with E-state index in [1.807, 2.05) is 30.3 Å². The first-order valence-corrected chi connectivity index (χ1v) is 10.1. The summed E-state index contributed by atoms with van der Waals surface area (Å²) in [5.41, 5.74) is 3.58. The van der Waals surface area contributed by atoms with E-state index in [2.05, 4.69) is 15.6 Å². The number of anilines is 1. The average molecular weight is 406 g/mol. The molecule has 0 saturated heterocycles. The summed E-state index contributed by atoms with van der Waals surface area (Å²) in [5, 5.41) is 11.4. The second-order valence-electron chi connectivity index (χ2n) is 6.55. The molecule has 0 fully saturated rings. The maximum Gasteiger partial charge on any atom is 0.279 e. The first kappa shape index (κ1) is 17.7. The summed E-state index contributed by atoms with van der Waals surface area (Å²) in [5.74, 6) is 1.90. The molecule has 0 aliphatic carbocycles. The van der Waals surface area contributed by atoms with Crippen molar-refractivity contribution in [2.24, 2.45) is 0 Å². The highest BCUT2D eigenvalue weighted by atomic mass is 32.2. The molecule has 29 heavy (non-hydrogen) atoms. The second kappa shape index (κ2) is 7.21. The smallest absolute Gasteiger partial charge is 0.279 e. The van der Waals surface area contributed by atoms with Crippen molar-refractivity contribution in [2.45, 2.75) is 11.5 Å². The normalized spacial score (nSPS) is 12.7. The summed E-state index contributed by atoms with van der Waals surface area (Å²) < 4.78 is 20.3. The predicted molar refractivity (Wildman–Crippen MR) is 108 cm³/mol. The minimum atomic E-state index is -0.390. The number of halogens is 1. The van der Waals surface area contributed by atoms with E-state index in [0.717, 1.165) is 28.3 Å². The maximum atomic E-state index is 13.3. The molecule has 0 atom stereocenters. The van der Waals surface area contributed by atoms with Crippen LogP contribution in [0.25, 0.3) is 17.0 Å². The van der Waals surface area contributed by atoms with Crippen molar-refractivity contribution in [1.29, 1.82) is 0 Å². The Morgan fingerprint density at radius 3 is 2.69 bits per heavy atom. The van der Waals surface area contributed by atoms with Gasteiger partial charge in [-0.15, -0.1) is 0 Å². The summed E-state index contributed by atoms with van der Waals surface area (Å²) in [6.07, 6.45) is 0. The summed E-state index contributed by atoms with van der Waals surface area (Å²) in [6.45, 7) is 0. The highest BCUT2D eigenvalue weighted by Crippen LogP contribution is 2.36. The van der Waals surface area contributed by atoms with E-state index in [4.69, 9.17) is 4.52 Å². The summed E-state index contributed by atoms with van der Waals surface area (Å²) in [6, 6.07) is 17.1. The number of hydrogen-bond acceptors (Lipinski definition) is 5. The Morgan fingerprint density at radius 2 is 1.90 bits per heavy atom. The molecule has 2 aromatic heterocycles. The number of nitrogens with one attached hydrogen (secondary N) is 1. The van der Waals surface area contributed by atoms with Crippen molar-refractivity contribution >= 4 is 23.5 Å². The lowest BCUT2D eigenvalue weighted by atomic mass is 10.1. The van der Waals surface area contributed by atoms with Gasteiger partial charge in [-0.2, -0.15) is 16.9 Å². The van der Waals surface area contributed by atoms with Crippen LogP contribution in [-0.2, 0) is 11.5 Å². The van der Waals surface area contributed by atoms with Gasteiger partial charge in [0.1, 0.15) is 11.6 Å². The van der Waals surface area contributed by atoms with E-state index in [9.17, 15) is 9.18 Å². The molecule has 8 heteroatoms. The molecule has 3 heterocycles. The van der Waals surface area contributed by atoms with Gasteiger partial charge in [-0.1, -0.05) is 35.5 Å². The summed E-state index contributed by atoms with van der Waals surface area (Å²) >= 11 is 1.73. The van der Waals surface area contributed by atoms with E-state index in [1.54, 1.807) is 34.6 Å². The van der Waals surface area contributed by atoms with Crippen LogP contribution in [0.15, 0.2) is 65.2 Å². The fourth-order valence-corrected chi connectivity index (χ4v) is 4.24. The van der Waals surface area contributed by atoms with Crippen LogP contribution in [0.2, 0.25) is 0 Å². The fraction of sp³-hybridized carbons (Fsp3) is 0.0952. The SMILES string of the molecule is O=C(Nc1c2c(nn1-c1ccc(F)cc1)CSC2)c1cc(-c2ccccc2)on1. The molecule has 1 aliphatic rings. The molecule has 1 N–H and O–H groups in total. The summed E-state index contributed by atoms with van der Waals surface area (Å²) in [7, 11) is 0. The minimum absolute atomic E-state index is 0.176. The van der Waals surface area contributed by atoms with Gasteiger partial charge in [-0.3, -0.25) is 4.79 Å². The Bertz CT molecular complexity index is 1190. The molecule has 144 valence electrons. The number of carbonyl (C=O) groups excluding carboxylic acids is 1. The van der Waals surface area contributed by atoms with Crippen LogP contribution in [0.3, 0.4) is 0 Å². The minimum Gasteiger partial charge on any atom is -0.355 e. The number of nitrogens with zero attached hydrogens (tertiary/aromatic N) is 3. The highest BCUT2D eigenvalue weighted by molar-refractivity contribution is 7.98. The van der Waals surface area contributed by atoms with E-state index in [-0.39, 0.29) is 17.4 Å². The van der Waals surface area contributed by atoms with Crippen LogP contribution in [0, 0.1) is 5.82 Å². The third kappa shape index (κ3) is 3.31. The summed E-state index contributed by atoms with van der Waals surface area (Å²) in [4.78, 5) is 12.9. The van der Waals surface area contributed by atoms with Crippen molar-refractivity contribution in [3.05, 3.63) is 83.4 Å². The van der Waals surface area contributed by atoms with Crippen LogP contribution >= 0.6 is 11.8 Å². The first-order chi connectivity index (χ1) is 14.2. The molecule has 0 unspecified atom stereocenters. The first-order valence-electron chi connectivity index (χ1n) is 8.97. The number of rotatable bonds is 4. The second-order valence-corrected chi connectivity index (χ2v) is 7.54. The van der Waals surface area contributed by atoms with Gasteiger partial charge < -0.3 is 9.84 Å². The van der Waals surface area contributed by atoms with E-state index >= 15 is 0 Å². The van der Waals surface area contributed by atoms with Gasteiger partial charge in [0.15, 0.2) is 11.5 Å². The third-order valence-corrected chi connectivity index (χ3v) is 5.63. The zero-order chi connectivity index (χ0) is 19.8. The Labute approximate surface area is 169 Å². The van der Waals surface area contributed by atoms with Crippen molar-refractivity contribution in [2.75, 3.05) is 5.32 Å². The zero-order valence-corrected chi connectivity index (χ0v) is 15.9. The lowest BCUT2D eigenvalue weighted by molar-refractivity contribution is 0.101. The largest absolute Gasteiger partial charge is 0.355 e. The number of hydrogen-bond donors (Lipinski definition) is 1. The lowest BCUT2D eigenvalue weighted by Crippen LogP contribution is -2.16. The van der Waals surface area contributed by atoms with Crippen LogP contribution < -0.4 is 5.32 Å². The van der Waals surface area contributed by atoms with Crippen molar-refractivity contribution in [3.8, 4) is 17.0 Å². The predicted octanol–water partition coefficient (Wildman–Crippen LogP) is 4.67. The molecular weight excluding hydrogens is 391 g/mol. The molecule has 0 saturated carbocycles. The number of fused-ring (bicyclic) bond motifs is 1. The number of aromatic nitrogens is 3. The number of thioether (sulfide) groups is 1. The van der Waals surface area contributed by atoms with E-state index in [1.165, 1.54) is 12.1 Å². The maximum absolute atomic E-state index is 13.3. The topological polar surface area (TPSA) is 73.0 Å². The molecule has 2 aromatic carbocycles. The monoisotopic (exact) mass is 406 g/mol. The van der Waals surface area contributed by atoms with Gasteiger partial charge in [-0.05, 0) is 24.3 Å². The number of carbonyl (C=O) groups is 1. The molecule has 0 bridgehead atoms. The van der Waals surface area contributed by atoms with Crippen LogP contribution in [-0.4, -0.2) is 20.8 Å². The Hall–Kier alpha value is -3.39. The molecule has 4 aromatic rings. The van der Waals surface area contributed by atoms with Crippen LogP contribution in [0.5, 0.6) is 0 Å².